The summed E-state index contributed by atoms with van der Waals surface area (Å²) in [4.78, 5) is 3.40. The molecule has 0 saturated carbocycles. The maximum absolute atomic E-state index is 9.86. The molecule has 1 aromatic rings. The second-order valence-electron chi connectivity index (χ2n) is 4.53. The summed E-state index contributed by atoms with van der Waals surface area (Å²) in [6.07, 6.45) is -0.443. The second kappa shape index (κ2) is 8.61. The Kier molecular flexibility index (Phi) is 7.46. The van der Waals surface area contributed by atoms with Crippen molar-refractivity contribution in [2.45, 2.75) is 25.7 Å². The Hall–Kier alpha value is -0.460. The van der Waals surface area contributed by atoms with Gasteiger partial charge in [-0.2, -0.15) is 0 Å². The van der Waals surface area contributed by atoms with Crippen LogP contribution in [0.2, 0.25) is 0 Å². The average molecular weight is 273 g/mol. The van der Waals surface area contributed by atoms with Gasteiger partial charge in [0.1, 0.15) is 0 Å². The van der Waals surface area contributed by atoms with Crippen molar-refractivity contribution in [3.8, 4) is 0 Å². The number of methoxy groups -OCH3 is 1. The van der Waals surface area contributed by atoms with Crippen LogP contribution in [0.5, 0.6) is 0 Å². The zero-order chi connectivity index (χ0) is 13.4. The van der Waals surface area contributed by atoms with Gasteiger partial charge in [0.2, 0.25) is 0 Å². The molecular weight excluding hydrogens is 250 g/mol. The van der Waals surface area contributed by atoms with Crippen molar-refractivity contribution < 1.29 is 14.6 Å². The lowest BCUT2D eigenvalue weighted by atomic mass is 10.3. The zero-order valence-corrected chi connectivity index (χ0v) is 12.2. The van der Waals surface area contributed by atoms with E-state index < -0.39 is 6.10 Å². The van der Waals surface area contributed by atoms with E-state index >= 15 is 0 Å². The molecule has 1 rings (SSSR count). The first-order valence-corrected chi connectivity index (χ1v) is 6.99. The molecule has 1 heterocycles. The normalized spacial score (nSPS) is 14.9. The van der Waals surface area contributed by atoms with Crippen LogP contribution >= 0.6 is 11.3 Å². The fourth-order valence-corrected chi connectivity index (χ4v) is 2.49. The minimum absolute atomic E-state index is 0.0206. The molecule has 1 N–H and O–H groups in total. The molecule has 5 heteroatoms. The third kappa shape index (κ3) is 6.47. The largest absolute Gasteiger partial charge is 0.389 e. The molecule has 18 heavy (non-hydrogen) atoms. The van der Waals surface area contributed by atoms with Crippen molar-refractivity contribution in [3.05, 3.63) is 22.4 Å². The van der Waals surface area contributed by atoms with Crippen LogP contribution in [0.15, 0.2) is 17.5 Å². The highest BCUT2D eigenvalue weighted by atomic mass is 32.1. The van der Waals surface area contributed by atoms with Gasteiger partial charge >= 0.3 is 0 Å². The Morgan fingerprint density at radius 2 is 2.22 bits per heavy atom. The van der Waals surface area contributed by atoms with Gasteiger partial charge in [-0.25, -0.2) is 0 Å². The number of thiophene rings is 1. The van der Waals surface area contributed by atoms with Crippen LogP contribution in [0.25, 0.3) is 0 Å². The van der Waals surface area contributed by atoms with Gasteiger partial charge in [0, 0.05) is 25.1 Å². The van der Waals surface area contributed by atoms with Gasteiger partial charge in [0.05, 0.1) is 25.4 Å². The number of aliphatic hydroxyl groups excluding tert-OH is 1. The van der Waals surface area contributed by atoms with E-state index in [1.807, 2.05) is 20.0 Å². The quantitative estimate of drug-likeness (QED) is 0.742. The van der Waals surface area contributed by atoms with Crippen LogP contribution in [0, 0.1) is 0 Å². The summed E-state index contributed by atoms with van der Waals surface area (Å²) in [7, 11) is 3.65. The maximum atomic E-state index is 9.86. The highest BCUT2D eigenvalue weighted by Gasteiger charge is 2.11. The molecule has 0 aliphatic rings. The Morgan fingerprint density at radius 1 is 1.44 bits per heavy atom. The SMILES string of the molecule is COCC(C)OCC(O)CN(C)Cc1cccs1. The number of aliphatic hydroxyl groups is 1. The molecule has 0 aliphatic heterocycles. The average Bonchev–Trinajstić information content (AvgIpc) is 2.79. The summed E-state index contributed by atoms with van der Waals surface area (Å²) in [6, 6.07) is 4.14. The smallest absolute Gasteiger partial charge is 0.0900 e. The van der Waals surface area contributed by atoms with Crippen molar-refractivity contribution in [3.63, 3.8) is 0 Å². The van der Waals surface area contributed by atoms with Crippen molar-refractivity contribution >= 4 is 11.3 Å². The Bertz CT molecular complexity index is 305. The highest BCUT2D eigenvalue weighted by molar-refractivity contribution is 7.09. The van der Waals surface area contributed by atoms with Gasteiger partial charge in [-0.1, -0.05) is 6.07 Å². The standard InChI is InChI=1S/C13H23NO3S/c1-11(9-16-3)17-10-12(15)7-14(2)8-13-5-4-6-18-13/h4-6,11-12,15H,7-10H2,1-3H3. The minimum atomic E-state index is -0.464. The van der Waals surface area contributed by atoms with Crippen LogP contribution in [-0.4, -0.2) is 56.1 Å². The van der Waals surface area contributed by atoms with E-state index in [-0.39, 0.29) is 6.10 Å². The Balaban J connectivity index is 2.16. The van der Waals surface area contributed by atoms with Crippen molar-refractivity contribution in [1.29, 1.82) is 0 Å². The monoisotopic (exact) mass is 273 g/mol. The van der Waals surface area contributed by atoms with Crippen LogP contribution in [0.4, 0.5) is 0 Å². The fourth-order valence-electron chi connectivity index (χ4n) is 1.70. The molecule has 2 unspecified atom stereocenters. The number of rotatable bonds is 9. The predicted molar refractivity (Wildman–Crippen MR) is 73.9 cm³/mol. The number of likely N-dealkylation sites (N-methyl/N-ethyl adjacent to an activating group) is 1. The van der Waals surface area contributed by atoms with Gasteiger partial charge < -0.3 is 14.6 Å². The third-order valence-corrected chi connectivity index (χ3v) is 3.36. The fraction of sp³-hybridized carbons (Fsp3) is 0.692. The van der Waals surface area contributed by atoms with E-state index in [1.165, 1.54) is 4.88 Å². The number of ether oxygens (including phenoxy) is 2. The van der Waals surface area contributed by atoms with E-state index in [2.05, 4.69) is 16.3 Å². The van der Waals surface area contributed by atoms with Crippen LogP contribution in [-0.2, 0) is 16.0 Å². The molecule has 0 fully saturated rings. The van der Waals surface area contributed by atoms with E-state index in [4.69, 9.17) is 9.47 Å². The topological polar surface area (TPSA) is 41.9 Å². The first kappa shape index (κ1) is 15.6. The lowest BCUT2D eigenvalue weighted by Crippen LogP contribution is -2.33. The summed E-state index contributed by atoms with van der Waals surface area (Å²) in [5.74, 6) is 0. The maximum Gasteiger partial charge on any atom is 0.0900 e. The first-order valence-electron chi connectivity index (χ1n) is 6.11. The third-order valence-electron chi connectivity index (χ3n) is 2.50. The van der Waals surface area contributed by atoms with Gasteiger partial charge in [-0.15, -0.1) is 11.3 Å². The molecule has 0 aromatic carbocycles. The van der Waals surface area contributed by atoms with E-state index in [1.54, 1.807) is 18.4 Å². The number of hydrogen-bond donors (Lipinski definition) is 1. The molecule has 0 bridgehead atoms. The molecular formula is C13H23NO3S. The van der Waals surface area contributed by atoms with Crippen molar-refractivity contribution in [2.24, 2.45) is 0 Å². The number of hydrogen-bond acceptors (Lipinski definition) is 5. The molecule has 104 valence electrons. The van der Waals surface area contributed by atoms with Gasteiger partial charge in [-0.3, -0.25) is 4.90 Å². The predicted octanol–water partition coefficient (Wildman–Crippen LogP) is 1.59. The summed E-state index contributed by atoms with van der Waals surface area (Å²) in [5.41, 5.74) is 0. The van der Waals surface area contributed by atoms with E-state index in [9.17, 15) is 5.11 Å². The molecule has 4 nitrogen and oxygen atoms in total. The van der Waals surface area contributed by atoms with Gasteiger partial charge in [0.15, 0.2) is 0 Å². The molecule has 2 atom stereocenters. The second-order valence-corrected chi connectivity index (χ2v) is 5.56. The molecule has 0 amide bonds. The highest BCUT2D eigenvalue weighted by Crippen LogP contribution is 2.11. The summed E-state index contributed by atoms with van der Waals surface area (Å²) in [6.45, 7) is 4.31. The van der Waals surface area contributed by atoms with Crippen LogP contribution in [0.3, 0.4) is 0 Å². The minimum Gasteiger partial charge on any atom is -0.389 e. The molecule has 0 aliphatic carbocycles. The lowest BCUT2D eigenvalue weighted by molar-refractivity contribution is -0.0384. The first-order chi connectivity index (χ1) is 8.61. The summed E-state index contributed by atoms with van der Waals surface area (Å²) < 4.78 is 10.5. The van der Waals surface area contributed by atoms with E-state index in [0.717, 1.165) is 6.54 Å². The van der Waals surface area contributed by atoms with Crippen molar-refractivity contribution in [2.75, 3.05) is 33.9 Å². The number of nitrogens with zero attached hydrogens (tertiary/aromatic N) is 1. The van der Waals surface area contributed by atoms with Gasteiger partial charge in [0.25, 0.3) is 0 Å². The Morgan fingerprint density at radius 3 is 2.83 bits per heavy atom. The van der Waals surface area contributed by atoms with E-state index in [0.29, 0.717) is 19.8 Å². The Labute approximate surface area is 113 Å². The molecule has 1 aromatic heterocycles. The molecule has 0 radical (unpaired) electrons. The zero-order valence-electron chi connectivity index (χ0n) is 11.3. The lowest BCUT2D eigenvalue weighted by Gasteiger charge is -2.21. The summed E-state index contributed by atoms with van der Waals surface area (Å²) >= 11 is 1.73. The van der Waals surface area contributed by atoms with Crippen LogP contribution < -0.4 is 0 Å². The van der Waals surface area contributed by atoms with Crippen LogP contribution in [0.1, 0.15) is 11.8 Å². The molecule has 0 spiro atoms. The van der Waals surface area contributed by atoms with Gasteiger partial charge in [-0.05, 0) is 25.4 Å². The van der Waals surface area contributed by atoms with Crippen molar-refractivity contribution in [1.82, 2.24) is 4.90 Å². The molecule has 0 saturated heterocycles. The summed E-state index contributed by atoms with van der Waals surface area (Å²) in [5, 5.41) is 11.9.